The maximum absolute atomic E-state index is 10.7. The van der Waals surface area contributed by atoms with Crippen molar-refractivity contribution in [1.82, 2.24) is 5.32 Å². The highest BCUT2D eigenvalue weighted by atomic mass is 16.5. The number of nitrogens with one attached hydrogen (secondary N) is 1. The Morgan fingerprint density at radius 1 is 1.78 bits per heavy atom. The summed E-state index contributed by atoms with van der Waals surface area (Å²) in [6.07, 6.45) is 0.590. The molecule has 1 heterocycles. The van der Waals surface area contributed by atoms with Crippen LogP contribution in [0.15, 0.2) is 0 Å². The van der Waals surface area contributed by atoms with Gasteiger partial charge in [-0.15, -0.1) is 0 Å². The van der Waals surface area contributed by atoms with Gasteiger partial charge in [0, 0.05) is 6.54 Å². The number of ether oxygens (including phenoxy) is 1. The molecule has 3 heteroatoms. The fourth-order valence-corrected chi connectivity index (χ4v) is 0.843. The minimum Gasteiger partial charge on any atom is -0.376 e. The highest BCUT2D eigenvalue weighted by molar-refractivity contribution is 5.76. The van der Waals surface area contributed by atoms with Crippen LogP contribution >= 0.6 is 0 Å². The van der Waals surface area contributed by atoms with E-state index in [4.69, 9.17) is 4.74 Å². The van der Waals surface area contributed by atoms with Crippen molar-refractivity contribution in [2.24, 2.45) is 0 Å². The largest absolute Gasteiger partial charge is 0.376 e. The third-order valence-electron chi connectivity index (χ3n) is 1.30. The quantitative estimate of drug-likeness (QED) is 0.496. The van der Waals surface area contributed by atoms with Gasteiger partial charge >= 0.3 is 0 Å². The van der Waals surface area contributed by atoms with E-state index in [1.807, 2.05) is 6.92 Å². The molecule has 0 radical (unpaired) electrons. The van der Waals surface area contributed by atoms with Crippen LogP contribution in [-0.2, 0) is 9.53 Å². The van der Waals surface area contributed by atoms with Crippen molar-refractivity contribution in [3.05, 3.63) is 0 Å². The summed E-state index contributed by atoms with van der Waals surface area (Å²) in [7, 11) is 0. The molecule has 52 valence electrons. The smallest absolute Gasteiger partial charge is 0.222 e. The Kier molecular flexibility index (Phi) is 2.05. The summed E-state index contributed by atoms with van der Waals surface area (Å²) in [6.45, 7) is 3.21. The lowest BCUT2D eigenvalue weighted by Gasteiger charge is -2.03. The van der Waals surface area contributed by atoms with Gasteiger partial charge in [0.1, 0.15) is 0 Å². The number of rotatable bonds is 0. The monoisotopic (exact) mass is 129 g/mol. The van der Waals surface area contributed by atoms with Crippen molar-refractivity contribution in [2.45, 2.75) is 19.4 Å². The Morgan fingerprint density at radius 3 is 3.33 bits per heavy atom. The molecule has 1 fully saturated rings. The first-order valence-corrected chi connectivity index (χ1v) is 3.17. The van der Waals surface area contributed by atoms with E-state index in [0.29, 0.717) is 19.6 Å². The molecule has 1 rings (SSSR count). The molecule has 1 aliphatic rings. The maximum atomic E-state index is 10.7. The molecule has 0 aromatic rings. The van der Waals surface area contributed by atoms with E-state index in [2.05, 4.69) is 5.32 Å². The summed E-state index contributed by atoms with van der Waals surface area (Å²) in [4.78, 5) is 10.7. The molecule has 1 unspecified atom stereocenters. The lowest BCUT2D eigenvalue weighted by molar-refractivity contribution is -0.121. The molecule has 0 spiro atoms. The van der Waals surface area contributed by atoms with Crippen LogP contribution in [-0.4, -0.2) is 25.2 Å². The van der Waals surface area contributed by atoms with Gasteiger partial charge in [-0.05, 0) is 6.92 Å². The topological polar surface area (TPSA) is 38.3 Å². The van der Waals surface area contributed by atoms with E-state index >= 15 is 0 Å². The van der Waals surface area contributed by atoms with Crippen molar-refractivity contribution in [2.75, 3.05) is 13.2 Å². The van der Waals surface area contributed by atoms with E-state index < -0.39 is 0 Å². The van der Waals surface area contributed by atoms with Gasteiger partial charge in [0.25, 0.3) is 0 Å². The Hall–Kier alpha value is -0.570. The summed E-state index contributed by atoms with van der Waals surface area (Å²) in [5.41, 5.74) is 0. The van der Waals surface area contributed by atoms with Crippen LogP contribution in [0, 0.1) is 0 Å². The molecule has 3 nitrogen and oxygen atoms in total. The number of amides is 1. The first-order chi connectivity index (χ1) is 4.29. The molecule has 0 aliphatic carbocycles. The molecular formula is C6H11NO2. The molecule has 1 N–H and O–H groups in total. The average Bonchev–Trinajstić information content (AvgIpc) is 1.93. The Bertz CT molecular complexity index is 114. The van der Waals surface area contributed by atoms with Gasteiger partial charge in [0.2, 0.25) is 5.91 Å². The van der Waals surface area contributed by atoms with E-state index in [0.717, 1.165) is 0 Å². The summed E-state index contributed by atoms with van der Waals surface area (Å²) < 4.78 is 5.19. The standard InChI is InChI=1S/C6H11NO2/c1-5-4-6(8)7-2-3-9-5/h5H,2-4H2,1H3,(H,7,8). The molecule has 0 aromatic carbocycles. The van der Waals surface area contributed by atoms with E-state index in [-0.39, 0.29) is 12.0 Å². The van der Waals surface area contributed by atoms with Gasteiger partial charge in [-0.25, -0.2) is 0 Å². The fourth-order valence-electron chi connectivity index (χ4n) is 0.843. The predicted octanol–water partition coefficient (Wildman–Crippen LogP) is -0.0886. The number of hydrogen-bond acceptors (Lipinski definition) is 2. The zero-order chi connectivity index (χ0) is 6.69. The van der Waals surface area contributed by atoms with Crippen LogP contribution in [0.5, 0.6) is 0 Å². The molecule has 0 bridgehead atoms. The third kappa shape index (κ3) is 2.01. The second kappa shape index (κ2) is 2.82. The molecular weight excluding hydrogens is 118 g/mol. The molecule has 1 aliphatic heterocycles. The number of carbonyl (C=O) groups excluding carboxylic acids is 1. The number of carbonyl (C=O) groups is 1. The summed E-state index contributed by atoms with van der Waals surface area (Å²) in [5, 5.41) is 2.71. The summed E-state index contributed by atoms with van der Waals surface area (Å²) in [5.74, 6) is 0.0972. The van der Waals surface area contributed by atoms with Gasteiger partial charge in [0.05, 0.1) is 19.1 Å². The van der Waals surface area contributed by atoms with E-state index in [9.17, 15) is 4.79 Å². The molecule has 9 heavy (non-hydrogen) atoms. The molecule has 0 aromatic heterocycles. The van der Waals surface area contributed by atoms with Crippen molar-refractivity contribution in [1.29, 1.82) is 0 Å². The average molecular weight is 129 g/mol. The van der Waals surface area contributed by atoms with Gasteiger partial charge in [-0.1, -0.05) is 0 Å². The molecule has 1 saturated heterocycles. The molecule has 1 atom stereocenters. The van der Waals surface area contributed by atoms with Crippen LogP contribution in [0.1, 0.15) is 13.3 Å². The third-order valence-corrected chi connectivity index (χ3v) is 1.30. The SMILES string of the molecule is CC1CC(=O)NCCO1. The van der Waals surface area contributed by atoms with Gasteiger partial charge in [-0.2, -0.15) is 0 Å². The highest BCUT2D eigenvalue weighted by Crippen LogP contribution is 1.99. The van der Waals surface area contributed by atoms with Crippen molar-refractivity contribution < 1.29 is 9.53 Å². The van der Waals surface area contributed by atoms with Crippen LogP contribution in [0.3, 0.4) is 0 Å². The molecule has 1 amide bonds. The van der Waals surface area contributed by atoms with Gasteiger partial charge < -0.3 is 10.1 Å². The van der Waals surface area contributed by atoms with Crippen LogP contribution in [0.25, 0.3) is 0 Å². The van der Waals surface area contributed by atoms with E-state index in [1.165, 1.54) is 0 Å². The van der Waals surface area contributed by atoms with E-state index in [1.54, 1.807) is 0 Å². The van der Waals surface area contributed by atoms with Crippen molar-refractivity contribution in [3.63, 3.8) is 0 Å². The summed E-state index contributed by atoms with van der Waals surface area (Å²) in [6, 6.07) is 0. The van der Waals surface area contributed by atoms with Gasteiger partial charge in [0.15, 0.2) is 0 Å². The maximum Gasteiger partial charge on any atom is 0.222 e. The predicted molar refractivity (Wildman–Crippen MR) is 33.0 cm³/mol. The lowest BCUT2D eigenvalue weighted by Crippen LogP contribution is -2.23. The first kappa shape index (κ1) is 6.55. The first-order valence-electron chi connectivity index (χ1n) is 3.17. The van der Waals surface area contributed by atoms with Crippen molar-refractivity contribution >= 4 is 5.91 Å². The second-order valence-electron chi connectivity index (χ2n) is 2.24. The normalized spacial score (nSPS) is 29.0. The Labute approximate surface area is 54.4 Å². The van der Waals surface area contributed by atoms with Crippen molar-refractivity contribution in [3.8, 4) is 0 Å². The highest BCUT2D eigenvalue weighted by Gasteiger charge is 2.11. The fraction of sp³-hybridized carbons (Fsp3) is 0.833. The van der Waals surface area contributed by atoms with Crippen LogP contribution in [0.4, 0.5) is 0 Å². The van der Waals surface area contributed by atoms with Gasteiger partial charge in [-0.3, -0.25) is 4.79 Å². The molecule has 0 saturated carbocycles. The zero-order valence-electron chi connectivity index (χ0n) is 5.52. The summed E-state index contributed by atoms with van der Waals surface area (Å²) >= 11 is 0. The second-order valence-corrected chi connectivity index (χ2v) is 2.24. The minimum absolute atomic E-state index is 0.0903. The lowest BCUT2D eigenvalue weighted by atomic mass is 10.3. The van der Waals surface area contributed by atoms with Crippen LogP contribution < -0.4 is 5.32 Å². The Balaban J connectivity index is 2.37. The Morgan fingerprint density at radius 2 is 2.56 bits per heavy atom. The minimum atomic E-state index is 0.0903. The van der Waals surface area contributed by atoms with Crippen LogP contribution in [0.2, 0.25) is 0 Å². The number of hydrogen-bond donors (Lipinski definition) is 1. The zero-order valence-corrected chi connectivity index (χ0v) is 5.52.